The van der Waals surface area contributed by atoms with Gasteiger partial charge >= 0.3 is 0 Å². The van der Waals surface area contributed by atoms with Crippen LogP contribution in [-0.4, -0.2) is 0 Å². The summed E-state index contributed by atoms with van der Waals surface area (Å²) in [5, 5.41) is 0. The summed E-state index contributed by atoms with van der Waals surface area (Å²) in [5.74, 6) is 0.272. The van der Waals surface area contributed by atoms with E-state index in [0.717, 1.165) is 0 Å². The zero-order valence-corrected chi connectivity index (χ0v) is 27.1. The molecule has 0 heterocycles. The molecule has 0 fully saturated rings. The Kier molecular flexibility index (Phi) is 7.33. The van der Waals surface area contributed by atoms with Crippen LogP contribution < -0.4 is 0 Å². The lowest BCUT2D eigenvalue weighted by atomic mass is 9.88. The molecular formula is C49H34. The van der Waals surface area contributed by atoms with Gasteiger partial charge in [-0.15, -0.1) is 0 Å². The highest BCUT2D eigenvalue weighted by Crippen LogP contribution is 2.48. The molecule has 230 valence electrons. The topological polar surface area (TPSA) is 0 Å². The van der Waals surface area contributed by atoms with E-state index in [4.69, 9.17) is 0 Å². The molecule has 0 spiro atoms. The molecule has 0 N–H and O–H groups in total. The van der Waals surface area contributed by atoms with E-state index in [-0.39, 0.29) is 5.92 Å². The first-order chi connectivity index (χ1) is 24.3. The van der Waals surface area contributed by atoms with Crippen molar-refractivity contribution in [2.24, 2.45) is 0 Å². The Labute approximate surface area is 288 Å². The van der Waals surface area contributed by atoms with E-state index in [9.17, 15) is 0 Å². The number of hydrogen-bond donors (Lipinski definition) is 0. The Balaban J connectivity index is 1.01. The predicted octanol–water partition coefficient (Wildman–Crippen LogP) is 13.2. The maximum Gasteiger partial charge on any atom is 0.0352 e. The summed E-state index contributed by atoms with van der Waals surface area (Å²) in [6, 6.07) is 73.0. The van der Waals surface area contributed by atoms with Crippen LogP contribution in [0.25, 0.3) is 66.8 Å². The monoisotopic (exact) mass is 622 g/mol. The average molecular weight is 623 g/mol. The molecule has 8 aromatic carbocycles. The van der Waals surface area contributed by atoms with Crippen molar-refractivity contribution in [1.29, 1.82) is 0 Å². The Morgan fingerprint density at radius 2 is 0.551 bits per heavy atom. The van der Waals surface area contributed by atoms with Gasteiger partial charge in [0.2, 0.25) is 0 Å². The van der Waals surface area contributed by atoms with E-state index < -0.39 is 0 Å². The smallest absolute Gasteiger partial charge is 0.0352 e. The van der Waals surface area contributed by atoms with Crippen molar-refractivity contribution < 1.29 is 0 Å². The number of rotatable bonds is 6. The molecule has 0 bridgehead atoms. The minimum atomic E-state index is 0.272. The fourth-order valence-corrected chi connectivity index (χ4v) is 7.50. The van der Waals surface area contributed by atoms with Crippen LogP contribution in [0, 0.1) is 0 Å². The third-order valence-corrected chi connectivity index (χ3v) is 9.97. The average Bonchev–Trinajstić information content (AvgIpc) is 3.53. The van der Waals surface area contributed by atoms with Gasteiger partial charge in [0.05, 0.1) is 0 Å². The second kappa shape index (κ2) is 12.4. The van der Waals surface area contributed by atoms with Gasteiger partial charge in [0, 0.05) is 5.92 Å². The molecule has 0 radical (unpaired) electrons. The van der Waals surface area contributed by atoms with Gasteiger partial charge in [-0.2, -0.15) is 0 Å². The lowest BCUT2D eigenvalue weighted by molar-refractivity contribution is 1.02. The molecule has 0 nitrogen and oxygen atoms in total. The molecule has 0 atom stereocenters. The lowest BCUT2D eigenvalue weighted by Crippen LogP contribution is -1.98. The van der Waals surface area contributed by atoms with Crippen molar-refractivity contribution in [2.45, 2.75) is 5.92 Å². The van der Waals surface area contributed by atoms with Crippen LogP contribution in [0.15, 0.2) is 200 Å². The van der Waals surface area contributed by atoms with Crippen molar-refractivity contribution >= 4 is 0 Å². The first-order valence-electron chi connectivity index (χ1n) is 17.0. The van der Waals surface area contributed by atoms with Gasteiger partial charge < -0.3 is 0 Å². The van der Waals surface area contributed by atoms with Crippen LogP contribution >= 0.6 is 0 Å². The molecule has 0 heteroatoms. The fourth-order valence-electron chi connectivity index (χ4n) is 7.50. The molecule has 0 aromatic heterocycles. The molecule has 8 aromatic rings. The standard InChI is InChI=1S/C49H34/c1-3-12-34(13-4-1)42-31-43(35-14-5-2-6-15-35)33-44(32-42)41-17-11-16-40(30-41)38-24-22-36(23-25-38)37-26-28-39(29-27-37)49-47-20-9-7-18-45(47)46-19-8-10-21-48(46)49/h1-33,49H. The Morgan fingerprint density at radius 3 is 1.06 bits per heavy atom. The zero-order valence-electron chi connectivity index (χ0n) is 27.1. The van der Waals surface area contributed by atoms with Crippen LogP contribution in [0.2, 0.25) is 0 Å². The van der Waals surface area contributed by atoms with Gasteiger partial charge in [0.1, 0.15) is 0 Å². The highest BCUT2D eigenvalue weighted by atomic mass is 14.3. The van der Waals surface area contributed by atoms with Gasteiger partial charge in [-0.3, -0.25) is 0 Å². The van der Waals surface area contributed by atoms with Gasteiger partial charge in [0.15, 0.2) is 0 Å². The first kappa shape index (κ1) is 28.9. The van der Waals surface area contributed by atoms with E-state index >= 15 is 0 Å². The lowest BCUT2D eigenvalue weighted by Gasteiger charge is -2.15. The molecule has 0 saturated heterocycles. The van der Waals surface area contributed by atoms with E-state index in [1.54, 1.807) is 0 Å². The van der Waals surface area contributed by atoms with Crippen molar-refractivity contribution in [2.75, 3.05) is 0 Å². The van der Waals surface area contributed by atoms with Crippen LogP contribution in [-0.2, 0) is 0 Å². The van der Waals surface area contributed by atoms with Crippen LogP contribution in [0.5, 0.6) is 0 Å². The highest BCUT2D eigenvalue weighted by molar-refractivity contribution is 5.84. The zero-order chi connectivity index (χ0) is 32.6. The molecule has 1 aliphatic rings. The van der Waals surface area contributed by atoms with E-state index in [0.29, 0.717) is 0 Å². The largest absolute Gasteiger partial charge is 0.0622 e. The molecule has 0 unspecified atom stereocenters. The highest BCUT2D eigenvalue weighted by Gasteiger charge is 2.29. The summed E-state index contributed by atoms with van der Waals surface area (Å²) < 4.78 is 0. The van der Waals surface area contributed by atoms with Crippen molar-refractivity contribution in [1.82, 2.24) is 0 Å². The molecular weight excluding hydrogens is 589 g/mol. The summed E-state index contributed by atoms with van der Waals surface area (Å²) in [5.41, 5.74) is 19.0. The first-order valence-corrected chi connectivity index (χ1v) is 17.0. The summed E-state index contributed by atoms with van der Waals surface area (Å²) in [6.07, 6.45) is 0. The van der Waals surface area contributed by atoms with Crippen LogP contribution in [0.3, 0.4) is 0 Å². The normalized spacial score (nSPS) is 12.0. The van der Waals surface area contributed by atoms with Gasteiger partial charge in [0.25, 0.3) is 0 Å². The predicted molar refractivity (Wildman–Crippen MR) is 206 cm³/mol. The van der Waals surface area contributed by atoms with E-state index in [2.05, 4.69) is 200 Å². The summed E-state index contributed by atoms with van der Waals surface area (Å²) in [4.78, 5) is 0. The van der Waals surface area contributed by atoms with E-state index in [1.807, 2.05) is 0 Å². The van der Waals surface area contributed by atoms with Crippen molar-refractivity contribution in [3.05, 3.63) is 217 Å². The Morgan fingerprint density at radius 1 is 0.224 bits per heavy atom. The molecule has 0 amide bonds. The Hall–Kier alpha value is -6.24. The summed E-state index contributed by atoms with van der Waals surface area (Å²) in [6.45, 7) is 0. The summed E-state index contributed by atoms with van der Waals surface area (Å²) in [7, 11) is 0. The molecule has 49 heavy (non-hydrogen) atoms. The number of hydrogen-bond acceptors (Lipinski definition) is 0. The number of benzene rings is 8. The van der Waals surface area contributed by atoms with Crippen LogP contribution in [0.1, 0.15) is 22.6 Å². The third-order valence-electron chi connectivity index (χ3n) is 9.97. The quantitative estimate of drug-likeness (QED) is 0.173. The fraction of sp³-hybridized carbons (Fsp3) is 0.0204. The second-order valence-corrected chi connectivity index (χ2v) is 12.9. The maximum absolute atomic E-state index is 2.32. The summed E-state index contributed by atoms with van der Waals surface area (Å²) >= 11 is 0. The van der Waals surface area contributed by atoms with Gasteiger partial charge in [-0.1, -0.05) is 176 Å². The molecule has 1 aliphatic carbocycles. The maximum atomic E-state index is 2.32. The van der Waals surface area contributed by atoms with Crippen LogP contribution in [0.4, 0.5) is 0 Å². The second-order valence-electron chi connectivity index (χ2n) is 12.9. The minimum Gasteiger partial charge on any atom is -0.0622 e. The van der Waals surface area contributed by atoms with Crippen molar-refractivity contribution in [3.8, 4) is 66.8 Å². The van der Waals surface area contributed by atoms with Gasteiger partial charge in [-0.05, 0) is 108 Å². The SMILES string of the molecule is c1ccc(-c2cc(-c3ccccc3)cc(-c3cccc(-c4ccc(-c5ccc(C6c7ccccc7-c7ccccc76)cc5)cc4)c3)c2)cc1. The Bertz CT molecular complexity index is 2300. The van der Waals surface area contributed by atoms with Gasteiger partial charge in [-0.25, -0.2) is 0 Å². The van der Waals surface area contributed by atoms with Crippen molar-refractivity contribution in [3.63, 3.8) is 0 Å². The van der Waals surface area contributed by atoms with E-state index in [1.165, 1.54) is 83.5 Å². The minimum absolute atomic E-state index is 0.272. The number of fused-ring (bicyclic) bond motifs is 3. The molecule has 0 aliphatic heterocycles. The third kappa shape index (κ3) is 5.48. The molecule has 9 rings (SSSR count). The molecule has 0 saturated carbocycles.